The Bertz CT molecular complexity index is 663. The molecular weight excluding hydrogens is 284 g/mol. The Labute approximate surface area is 139 Å². The van der Waals surface area contributed by atoms with Gasteiger partial charge in [-0.1, -0.05) is 81.5 Å². The van der Waals surface area contributed by atoms with E-state index in [2.05, 4.69) is 69.3 Å². The van der Waals surface area contributed by atoms with E-state index in [-0.39, 0.29) is 0 Å². The van der Waals surface area contributed by atoms with Crippen molar-refractivity contribution in [3.63, 3.8) is 0 Å². The van der Waals surface area contributed by atoms with E-state index in [1.54, 1.807) is 0 Å². The molecule has 0 nitrogen and oxygen atoms in total. The first-order chi connectivity index (χ1) is 10.7. The maximum absolute atomic E-state index is 5.52. The zero-order chi connectivity index (χ0) is 15.9. The Morgan fingerprint density at radius 2 is 1.55 bits per heavy atom. The minimum Gasteiger partial charge on any atom is -0.0795 e. The quantitative estimate of drug-likeness (QED) is 0.369. The van der Waals surface area contributed by atoms with Crippen LogP contribution in [0.25, 0.3) is 6.08 Å². The van der Waals surface area contributed by atoms with Crippen LogP contribution in [-0.2, 0) is 19.3 Å². The SMILES string of the molecule is CCc1ccc(C(=S)C=Cc2ccc(CC)c(CC)c2)cc1. The van der Waals surface area contributed by atoms with E-state index < -0.39 is 0 Å². The molecule has 0 bridgehead atoms. The van der Waals surface area contributed by atoms with Crippen LogP contribution in [0, 0.1) is 0 Å². The Hall–Kier alpha value is -1.73. The maximum atomic E-state index is 5.52. The molecular formula is C21H24S. The molecule has 22 heavy (non-hydrogen) atoms. The lowest BCUT2D eigenvalue weighted by Crippen LogP contribution is -1.94. The van der Waals surface area contributed by atoms with Crippen molar-refractivity contribution in [2.24, 2.45) is 0 Å². The van der Waals surface area contributed by atoms with Crippen LogP contribution in [0.2, 0.25) is 0 Å². The van der Waals surface area contributed by atoms with E-state index in [1.165, 1.54) is 22.3 Å². The lowest BCUT2D eigenvalue weighted by atomic mass is 9.99. The molecule has 0 aliphatic rings. The first-order valence-corrected chi connectivity index (χ1v) is 8.51. The maximum Gasteiger partial charge on any atom is 0.0449 e. The van der Waals surface area contributed by atoms with Crippen molar-refractivity contribution >= 4 is 23.2 Å². The van der Waals surface area contributed by atoms with E-state index in [0.29, 0.717) is 0 Å². The first kappa shape index (κ1) is 16.6. The summed E-state index contributed by atoms with van der Waals surface area (Å²) in [5.41, 5.74) is 6.56. The van der Waals surface area contributed by atoms with Gasteiger partial charge in [0.15, 0.2) is 0 Å². The molecule has 0 saturated carbocycles. The van der Waals surface area contributed by atoms with Crippen molar-refractivity contribution in [2.45, 2.75) is 40.0 Å². The summed E-state index contributed by atoms with van der Waals surface area (Å²) in [7, 11) is 0. The molecule has 0 spiro atoms. The van der Waals surface area contributed by atoms with Crippen LogP contribution in [0.5, 0.6) is 0 Å². The van der Waals surface area contributed by atoms with Crippen LogP contribution in [-0.4, -0.2) is 4.86 Å². The lowest BCUT2D eigenvalue weighted by Gasteiger charge is -2.06. The third kappa shape index (κ3) is 4.14. The summed E-state index contributed by atoms with van der Waals surface area (Å²) < 4.78 is 0. The Morgan fingerprint density at radius 1 is 0.864 bits per heavy atom. The van der Waals surface area contributed by atoms with E-state index >= 15 is 0 Å². The summed E-state index contributed by atoms with van der Waals surface area (Å²) in [6.07, 6.45) is 7.39. The molecule has 1 heteroatoms. The van der Waals surface area contributed by atoms with Crippen LogP contribution in [0.4, 0.5) is 0 Å². The highest BCUT2D eigenvalue weighted by Gasteiger charge is 2.00. The van der Waals surface area contributed by atoms with Crippen molar-refractivity contribution in [1.82, 2.24) is 0 Å². The predicted octanol–water partition coefficient (Wildman–Crippen LogP) is 5.81. The van der Waals surface area contributed by atoms with Gasteiger partial charge < -0.3 is 0 Å². The molecule has 0 N–H and O–H groups in total. The van der Waals surface area contributed by atoms with Gasteiger partial charge in [-0.25, -0.2) is 0 Å². The minimum absolute atomic E-state index is 0.889. The summed E-state index contributed by atoms with van der Waals surface area (Å²) in [5.74, 6) is 0. The topological polar surface area (TPSA) is 0 Å². The fourth-order valence-electron chi connectivity index (χ4n) is 2.60. The second-order valence-corrected chi connectivity index (χ2v) is 5.92. The van der Waals surface area contributed by atoms with Crippen LogP contribution in [0.3, 0.4) is 0 Å². The van der Waals surface area contributed by atoms with Gasteiger partial charge in [0.05, 0.1) is 0 Å². The third-order valence-corrected chi connectivity index (χ3v) is 4.44. The standard InChI is InChI=1S/C21H24S/c1-4-16-7-12-20(13-8-16)21(22)14-10-17-9-11-18(5-2)19(6-3)15-17/h7-15H,4-6H2,1-3H3. The molecule has 2 rings (SSSR count). The largest absolute Gasteiger partial charge is 0.0795 e. The third-order valence-electron chi connectivity index (χ3n) is 4.07. The number of allylic oxidation sites excluding steroid dienone is 1. The normalized spacial score (nSPS) is 11.0. The van der Waals surface area contributed by atoms with E-state index in [4.69, 9.17) is 12.2 Å². The number of rotatable bonds is 6. The van der Waals surface area contributed by atoms with Gasteiger partial charge in [-0.15, -0.1) is 0 Å². The average Bonchev–Trinajstić information content (AvgIpc) is 2.59. The van der Waals surface area contributed by atoms with Crippen LogP contribution in [0.15, 0.2) is 48.5 Å². The van der Waals surface area contributed by atoms with Gasteiger partial charge in [0.2, 0.25) is 0 Å². The smallest absolute Gasteiger partial charge is 0.0449 e. The molecule has 0 aliphatic carbocycles. The molecule has 2 aromatic carbocycles. The van der Waals surface area contributed by atoms with Gasteiger partial charge >= 0.3 is 0 Å². The second-order valence-electron chi connectivity index (χ2n) is 5.48. The van der Waals surface area contributed by atoms with Crippen LogP contribution < -0.4 is 0 Å². The van der Waals surface area contributed by atoms with Crippen molar-refractivity contribution in [2.75, 3.05) is 0 Å². The number of hydrogen-bond acceptors (Lipinski definition) is 1. The minimum atomic E-state index is 0.889. The van der Waals surface area contributed by atoms with E-state index in [1.807, 2.05) is 6.08 Å². The Morgan fingerprint density at radius 3 is 2.14 bits per heavy atom. The molecule has 0 aromatic heterocycles. The lowest BCUT2D eigenvalue weighted by molar-refractivity contribution is 1.04. The number of benzene rings is 2. The van der Waals surface area contributed by atoms with Gasteiger partial charge in [-0.3, -0.25) is 0 Å². The molecule has 0 fully saturated rings. The predicted molar refractivity (Wildman–Crippen MR) is 102 cm³/mol. The molecule has 114 valence electrons. The number of aryl methyl sites for hydroxylation is 3. The van der Waals surface area contributed by atoms with Gasteiger partial charge in [0.1, 0.15) is 0 Å². The van der Waals surface area contributed by atoms with E-state index in [9.17, 15) is 0 Å². The monoisotopic (exact) mass is 308 g/mol. The molecule has 0 radical (unpaired) electrons. The van der Waals surface area contributed by atoms with Crippen LogP contribution in [0.1, 0.15) is 48.6 Å². The molecule has 0 atom stereocenters. The molecule has 2 aromatic rings. The summed E-state index contributed by atoms with van der Waals surface area (Å²) in [6.45, 7) is 6.58. The zero-order valence-electron chi connectivity index (χ0n) is 13.7. The molecule has 0 unspecified atom stereocenters. The second kappa shape index (κ2) is 8.05. The number of hydrogen-bond donors (Lipinski definition) is 0. The first-order valence-electron chi connectivity index (χ1n) is 8.11. The van der Waals surface area contributed by atoms with Crippen molar-refractivity contribution in [1.29, 1.82) is 0 Å². The summed E-state index contributed by atoms with van der Waals surface area (Å²) >= 11 is 5.52. The van der Waals surface area contributed by atoms with Crippen LogP contribution >= 0.6 is 12.2 Å². The fourth-order valence-corrected chi connectivity index (χ4v) is 2.80. The van der Waals surface area contributed by atoms with Crippen molar-refractivity contribution < 1.29 is 0 Å². The fraction of sp³-hybridized carbons (Fsp3) is 0.286. The van der Waals surface area contributed by atoms with Gasteiger partial charge in [-0.2, -0.15) is 0 Å². The Kier molecular flexibility index (Phi) is 6.09. The molecule has 0 aliphatic heterocycles. The van der Waals surface area contributed by atoms with Crippen molar-refractivity contribution in [3.05, 3.63) is 76.4 Å². The highest BCUT2D eigenvalue weighted by molar-refractivity contribution is 7.81. The van der Waals surface area contributed by atoms with Gasteiger partial charge in [-0.05, 0) is 53.2 Å². The molecule has 0 amide bonds. The highest BCUT2D eigenvalue weighted by atomic mass is 32.1. The summed E-state index contributed by atoms with van der Waals surface area (Å²) in [6, 6.07) is 15.2. The Balaban J connectivity index is 2.14. The zero-order valence-corrected chi connectivity index (χ0v) is 14.5. The molecule has 0 saturated heterocycles. The average molecular weight is 308 g/mol. The van der Waals surface area contributed by atoms with Gasteiger partial charge in [0, 0.05) is 4.86 Å². The van der Waals surface area contributed by atoms with Crippen molar-refractivity contribution in [3.8, 4) is 0 Å². The molecule has 0 heterocycles. The number of thiocarbonyl (C=S) groups is 1. The summed E-state index contributed by atoms with van der Waals surface area (Å²) in [4.78, 5) is 0.889. The van der Waals surface area contributed by atoms with Gasteiger partial charge in [0.25, 0.3) is 0 Å². The van der Waals surface area contributed by atoms with E-state index in [0.717, 1.165) is 29.7 Å². The highest BCUT2D eigenvalue weighted by Crippen LogP contribution is 2.15. The summed E-state index contributed by atoms with van der Waals surface area (Å²) in [5, 5.41) is 0.